The van der Waals surface area contributed by atoms with Gasteiger partial charge in [-0.1, -0.05) is 0 Å². The molecule has 4 heteroatoms. The normalized spacial score (nSPS) is 12.3. The Balaban J connectivity index is 3.27. The molecule has 1 atom stereocenters. The van der Waals surface area contributed by atoms with Gasteiger partial charge in [0.05, 0.1) is 6.61 Å². The number of rotatable bonds is 2. The monoisotopic (exact) mass is 132 g/mol. The molecule has 9 heavy (non-hydrogen) atoms. The van der Waals surface area contributed by atoms with Crippen molar-refractivity contribution in [3.8, 4) is 0 Å². The summed E-state index contributed by atoms with van der Waals surface area (Å²) in [4.78, 5) is 10.3. The molecule has 0 aliphatic heterocycles. The lowest BCUT2D eigenvalue weighted by Gasteiger charge is -2.03. The predicted molar refractivity (Wildman–Crippen MR) is 30.3 cm³/mol. The highest BCUT2D eigenvalue weighted by atomic mass is 16.5. The molecule has 4 nitrogen and oxygen atoms in total. The van der Waals surface area contributed by atoms with Crippen LogP contribution in [-0.2, 0) is 9.84 Å². The molecule has 1 radical (unpaired) electrons. The van der Waals surface area contributed by atoms with Crippen LogP contribution in [0.15, 0.2) is 0 Å². The summed E-state index contributed by atoms with van der Waals surface area (Å²) in [5.41, 5.74) is 0. The van der Waals surface area contributed by atoms with Crippen LogP contribution in [0.25, 0.3) is 0 Å². The predicted octanol–water partition coefficient (Wildman–Crippen LogP) is 0.509. The van der Waals surface area contributed by atoms with Gasteiger partial charge in [-0.2, -0.15) is 0 Å². The lowest BCUT2D eigenvalue weighted by atomic mass is 10.7. The maximum absolute atomic E-state index is 10.3. The van der Waals surface area contributed by atoms with E-state index in [1.165, 1.54) is 6.92 Å². The van der Waals surface area contributed by atoms with Crippen molar-refractivity contribution >= 4 is 6.09 Å². The Morgan fingerprint density at radius 2 is 2.33 bits per heavy atom. The molecule has 0 bridgehead atoms. The van der Waals surface area contributed by atoms with Gasteiger partial charge in [0.2, 0.25) is 0 Å². The van der Waals surface area contributed by atoms with Crippen molar-refractivity contribution in [3.05, 3.63) is 0 Å². The molecule has 0 aromatic carbocycles. The molecule has 0 saturated heterocycles. The number of carbonyl (C=O) groups excluding carboxylic acids is 1. The summed E-state index contributed by atoms with van der Waals surface area (Å²) in [6, 6.07) is 0. The van der Waals surface area contributed by atoms with Gasteiger partial charge >= 0.3 is 6.09 Å². The van der Waals surface area contributed by atoms with Gasteiger partial charge in [-0.25, -0.2) is 9.90 Å². The number of hydrogen-bond donors (Lipinski definition) is 1. The molecule has 0 aliphatic rings. The van der Waals surface area contributed by atoms with Crippen LogP contribution >= 0.6 is 0 Å². The zero-order valence-electron chi connectivity index (χ0n) is 5.51. The molecule has 0 aromatic rings. The first-order valence-electron chi connectivity index (χ1n) is 2.76. The van der Waals surface area contributed by atoms with Crippen molar-refractivity contribution in [1.29, 1.82) is 0 Å². The minimum absolute atomic E-state index is 0.290. The lowest BCUT2D eigenvalue weighted by molar-refractivity contribution is 0.0640. The van der Waals surface area contributed by atoms with Crippen LogP contribution in [0.2, 0.25) is 0 Å². The van der Waals surface area contributed by atoms with Gasteiger partial charge in [-0.05, 0) is 13.8 Å². The van der Waals surface area contributed by atoms with Crippen molar-refractivity contribution in [3.63, 3.8) is 0 Å². The first-order chi connectivity index (χ1) is 4.16. The van der Waals surface area contributed by atoms with Crippen molar-refractivity contribution in [2.75, 3.05) is 6.61 Å². The van der Waals surface area contributed by atoms with Crippen LogP contribution in [0.1, 0.15) is 13.8 Å². The largest absolute Gasteiger partial charge is 0.450 e. The molecule has 0 saturated carbocycles. The van der Waals surface area contributed by atoms with Gasteiger partial charge in [-0.15, -0.1) is 0 Å². The highest BCUT2D eigenvalue weighted by molar-refractivity contribution is 5.67. The Morgan fingerprint density at radius 3 is 2.67 bits per heavy atom. The SMILES string of the molecule is CCOC(=O)NC(C)[O]. The standard InChI is InChI=1S/C5H10NO3/c1-3-9-5(8)6-4(2)7/h4H,3H2,1-2H3,(H,6,8). The number of nitrogens with one attached hydrogen (secondary N) is 1. The Hall–Kier alpha value is -0.770. The van der Waals surface area contributed by atoms with E-state index in [0.717, 1.165) is 0 Å². The van der Waals surface area contributed by atoms with Gasteiger partial charge in [0, 0.05) is 0 Å². The van der Waals surface area contributed by atoms with Crippen LogP contribution in [0, 0.1) is 0 Å². The molecule has 0 heterocycles. The van der Waals surface area contributed by atoms with Crippen LogP contribution in [0.5, 0.6) is 0 Å². The van der Waals surface area contributed by atoms with E-state index in [4.69, 9.17) is 0 Å². The molecule has 0 aliphatic carbocycles. The quantitative estimate of drug-likeness (QED) is 0.556. The highest BCUT2D eigenvalue weighted by Crippen LogP contribution is 1.78. The maximum atomic E-state index is 10.3. The van der Waals surface area contributed by atoms with Gasteiger partial charge in [0.15, 0.2) is 6.23 Å². The van der Waals surface area contributed by atoms with E-state index in [0.29, 0.717) is 6.61 Å². The van der Waals surface area contributed by atoms with Crippen molar-refractivity contribution in [2.45, 2.75) is 20.1 Å². The van der Waals surface area contributed by atoms with Crippen molar-refractivity contribution < 1.29 is 14.6 Å². The van der Waals surface area contributed by atoms with E-state index in [9.17, 15) is 9.90 Å². The molecule has 0 fully saturated rings. The Labute approximate surface area is 53.8 Å². The van der Waals surface area contributed by atoms with E-state index >= 15 is 0 Å². The molecular weight excluding hydrogens is 122 g/mol. The summed E-state index contributed by atoms with van der Waals surface area (Å²) in [5.74, 6) is 0. The van der Waals surface area contributed by atoms with Gasteiger partial charge < -0.3 is 4.74 Å². The zero-order chi connectivity index (χ0) is 7.28. The fourth-order valence-corrected chi connectivity index (χ4v) is 0.339. The van der Waals surface area contributed by atoms with E-state index < -0.39 is 12.3 Å². The number of alkyl carbamates (subject to hydrolysis) is 1. The number of amides is 1. The molecule has 1 amide bonds. The summed E-state index contributed by atoms with van der Waals surface area (Å²) in [5, 5.41) is 12.2. The second kappa shape index (κ2) is 4.14. The maximum Gasteiger partial charge on any atom is 0.409 e. The van der Waals surface area contributed by atoms with E-state index in [1.54, 1.807) is 6.92 Å². The fourth-order valence-electron chi connectivity index (χ4n) is 0.339. The molecule has 0 rings (SSSR count). The van der Waals surface area contributed by atoms with E-state index in [-0.39, 0.29) is 0 Å². The number of ether oxygens (including phenoxy) is 1. The van der Waals surface area contributed by atoms with Crippen LogP contribution in [0.3, 0.4) is 0 Å². The second-order valence-electron chi connectivity index (χ2n) is 1.51. The third-order valence-corrected chi connectivity index (χ3v) is 0.597. The second-order valence-corrected chi connectivity index (χ2v) is 1.51. The summed E-state index contributed by atoms with van der Waals surface area (Å²) in [6.07, 6.45) is -1.75. The average molecular weight is 132 g/mol. The molecule has 53 valence electrons. The number of carbonyl (C=O) groups is 1. The Bertz CT molecular complexity index is 92.2. The third kappa shape index (κ3) is 5.10. The van der Waals surface area contributed by atoms with Crippen molar-refractivity contribution in [2.24, 2.45) is 0 Å². The minimum atomic E-state index is -1.09. The van der Waals surface area contributed by atoms with Crippen LogP contribution in [-0.4, -0.2) is 18.9 Å². The molecule has 0 aromatic heterocycles. The number of hydrogen-bond acceptors (Lipinski definition) is 2. The van der Waals surface area contributed by atoms with Crippen LogP contribution < -0.4 is 5.32 Å². The fraction of sp³-hybridized carbons (Fsp3) is 0.800. The summed E-state index contributed by atoms with van der Waals surface area (Å²) < 4.78 is 4.40. The van der Waals surface area contributed by atoms with Gasteiger partial charge in [0.1, 0.15) is 0 Å². The molecular formula is C5H10NO3. The smallest absolute Gasteiger partial charge is 0.409 e. The van der Waals surface area contributed by atoms with Crippen molar-refractivity contribution in [1.82, 2.24) is 5.32 Å². The van der Waals surface area contributed by atoms with Gasteiger partial charge in [0.25, 0.3) is 0 Å². The lowest BCUT2D eigenvalue weighted by Crippen LogP contribution is -2.31. The first-order valence-corrected chi connectivity index (χ1v) is 2.76. The Morgan fingerprint density at radius 1 is 1.78 bits per heavy atom. The first kappa shape index (κ1) is 8.23. The molecule has 1 N–H and O–H groups in total. The highest BCUT2D eigenvalue weighted by Gasteiger charge is 2.02. The zero-order valence-corrected chi connectivity index (χ0v) is 5.51. The minimum Gasteiger partial charge on any atom is -0.450 e. The van der Waals surface area contributed by atoms with E-state index in [2.05, 4.69) is 4.74 Å². The summed E-state index contributed by atoms with van der Waals surface area (Å²) in [7, 11) is 0. The summed E-state index contributed by atoms with van der Waals surface area (Å²) in [6.45, 7) is 3.30. The summed E-state index contributed by atoms with van der Waals surface area (Å²) >= 11 is 0. The third-order valence-electron chi connectivity index (χ3n) is 0.597. The van der Waals surface area contributed by atoms with E-state index in [1.807, 2.05) is 5.32 Å². The molecule has 1 unspecified atom stereocenters. The topological polar surface area (TPSA) is 58.2 Å². The molecule has 0 spiro atoms. The average Bonchev–Trinajstić information content (AvgIpc) is 1.63. The van der Waals surface area contributed by atoms with Gasteiger partial charge in [-0.3, -0.25) is 5.32 Å². The van der Waals surface area contributed by atoms with Crippen LogP contribution in [0.4, 0.5) is 4.79 Å². The Kier molecular flexibility index (Phi) is 3.79.